The highest BCUT2D eigenvalue weighted by molar-refractivity contribution is 5.89. The van der Waals surface area contributed by atoms with Crippen LogP contribution in [-0.4, -0.2) is 0 Å². The number of benzene rings is 4. The lowest BCUT2D eigenvalue weighted by Gasteiger charge is -2.52. The van der Waals surface area contributed by atoms with E-state index in [0.29, 0.717) is 5.92 Å². The van der Waals surface area contributed by atoms with Gasteiger partial charge in [-0.15, -0.1) is 0 Å². The summed E-state index contributed by atoms with van der Waals surface area (Å²) < 4.78 is 0. The molecule has 4 aromatic carbocycles. The summed E-state index contributed by atoms with van der Waals surface area (Å²) in [4.78, 5) is 0. The van der Waals surface area contributed by atoms with Crippen LogP contribution in [0.15, 0.2) is 66.7 Å². The van der Waals surface area contributed by atoms with Gasteiger partial charge in [-0.05, 0) is 143 Å². The zero-order valence-corrected chi connectivity index (χ0v) is 26.6. The highest BCUT2D eigenvalue weighted by atomic mass is 14.5. The van der Waals surface area contributed by atoms with Crippen LogP contribution >= 0.6 is 0 Å². The second-order valence-electron chi connectivity index (χ2n) is 15.1. The highest BCUT2D eigenvalue weighted by Crippen LogP contribution is 2.57. The van der Waals surface area contributed by atoms with Gasteiger partial charge in [0.1, 0.15) is 0 Å². The number of hydrogen-bond acceptors (Lipinski definition) is 0. The summed E-state index contributed by atoms with van der Waals surface area (Å²) in [5.41, 5.74) is 8.43. The van der Waals surface area contributed by atoms with Gasteiger partial charge in [0.25, 0.3) is 0 Å². The van der Waals surface area contributed by atoms with Crippen molar-refractivity contribution in [2.45, 2.75) is 121 Å². The van der Waals surface area contributed by atoms with Crippen molar-refractivity contribution in [1.29, 1.82) is 0 Å². The van der Waals surface area contributed by atoms with Crippen molar-refractivity contribution in [3.05, 3.63) is 94.5 Å². The lowest BCUT2D eigenvalue weighted by molar-refractivity contribution is 0.0126. The predicted octanol–water partition coefficient (Wildman–Crippen LogP) is 12.1. The molecule has 4 aliphatic carbocycles. The van der Waals surface area contributed by atoms with Crippen molar-refractivity contribution >= 4 is 21.5 Å². The first-order valence-corrected chi connectivity index (χ1v) is 18.3. The largest absolute Gasteiger partial charge is 0.0654 e. The fourth-order valence-electron chi connectivity index (χ4n) is 10.8. The van der Waals surface area contributed by atoms with E-state index >= 15 is 0 Å². The first-order chi connectivity index (χ1) is 21.3. The summed E-state index contributed by atoms with van der Waals surface area (Å²) in [6.07, 6.45) is 22.4. The number of rotatable bonds is 6. The third kappa shape index (κ3) is 5.26. The average Bonchev–Trinajstić information content (AvgIpc) is 3.07. The first-order valence-electron chi connectivity index (χ1n) is 18.3. The Kier molecular flexibility index (Phi) is 7.83. The van der Waals surface area contributed by atoms with E-state index in [2.05, 4.69) is 73.7 Å². The molecule has 0 radical (unpaired) electrons. The van der Waals surface area contributed by atoms with E-state index in [-0.39, 0.29) is 0 Å². The molecular weight excluding hydrogens is 516 g/mol. The number of unbranched alkanes of at least 4 members (excludes halogenated alkanes) is 2. The zero-order chi connectivity index (χ0) is 28.8. The van der Waals surface area contributed by atoms with Gasteiger partial charge in [-0.3, -0.25) is 0 Å². The van der Waals surface area contributed by atoms with Crippen LogP contribution in [0.5, 0.6) is 0 Å². The number of fused-ring (bicyclic) bond motifs is 7. The molecule has 0 heterocycles. The monoisotopic (exact) mass is 568 g/mol. The number of hydrogen-bond donors (Lipinski definition) is 0. The van der Waals surface area contributed by atoms with Gasteiger partial charge in [0.2, 0.25) is 0 Å². The van der Waals surface area contributed by atoms with Crippen molar-refractivity contribution in [2.75, 3.05) is 0 Å². The Labute approximate surface area is 260 Å². The third-order valence-electron chi connectivity index (χ3n) is 12.8. The lowest BCUT2D eigenvalue weighted by atomic mass is 9.53. The summed E-state index contributed by atoms with van der Waals surface area (Å²) in [5, 5.41) is 5.89. The molecule has 0 saturated heterocycles. The highest BCUT2D eigenvalue weighted by Gasteiger charge is 2.46. The van der Waals surface area contributed by atoms with Crippen molar-refractivity contribution in [2.24, 2.45) is 23.7 Å². The molecule has 3 fully saturated rings. The Morgan fingerprint density at radius 1 is 0.651 bits per heavy atom. The van der Waals surface area contributed by atoms with Gasteiger partial charge in [-0.2, -0.15) is 0 Å². The van der Waals surface area contributed by atoms with Crippen LogP contribution in [0.1, 0.15) is 130 Å². The Hall–Kier alpha value is -2.60. The minimum Gasteiger partial charge on any atom is -0.0654 e. The number of aryl methyl sites for hydroxylation is 1. The molecule has 3 saturated carbocycles. The van der Waals surface area contributed by atoms with Crippen LogP contribution in [0.4, 0.5) is 0 Å². The van der Waals surface area contributed by atoms with Gasteiger partial charge in [-0.25, -0.2) is 0 Å². The van der Waals surface area contributed by atoms with Crippen LogP contribution in [0, 0.1) is 23.7 Å². The van der Waals surface area contributed by atoms with Gasteiger partial charge < -0.3 is 0 Å². The summed E-state index contributed by atoms with van der Waals surface area (Å²) in [5.74, 6) is 5.37. The Balaban J connectivity index is 1.22. The molecular formula is C43H52. The molecule has 0 aliphatic heterocycles. The van der Waals surface area contributed by atoms with Crippen molar-refractivity contribution in [1.82, 2.24) is 0 Å². The van der Waals surface area contributed by atoms with Crippen molar-refractivity contribution in [3.8, 4) is 0 Å². The predicted molar refractivity (Wildman–Crippen MR) is 184 cm³/mol. The van der Waals surface area contributed by atoms with Crippen molar-refractivity contribution in [3.63, 3.8) is 0 Å². The maximum Gasteiger partial charge on any atom is -0.0118 e. The van der Waals surface area contributed by atoms with Gasteiger partial charge in [0.05, 0.1) is 0 Å². The summed E-state index contributed by atoms with van der Waals surface area (Å²) >= 11 is 0. The molecule has 4 aliphatic rings. The molecule has 0 heteroatoms. The van der Waals surface area contributed by atoms with E-state index in [1.807, 2.05) is 0 Å². The third-order valence-corrected chi connectivity index (χ3v) is 12.8. The fraction of sp³-hybridized carbons (Fsp3) is 0.535. The first kappa shape index (κ1) is 27.9. The molecule has 0 spiro atoms. The van der Waals surface area contributed by atoms with Gasteiger partial charge >= 0.3 is 0 Å². The van der Waals surface area contributed by atoms with Crippen LogP contribution in [0.3, 0.4) is 0 Å². The molecule has 0 N–H and O–H groups in total. The molecule has 0 amide bonds. The molecule has 0 nitrogen and oxygen atoms in total. The van der Waals surface area contributed by atoms with Crippen LogP contribution in [0.25, 0.3) is 21.5 Å². The lowest BCUT2D eigenvalue weighted by Crippen LogP contribution is -2.42. The van der Waals surface area contributed by atoms with E-state index in [1.165, 1.54) is 119 Å². The molecule has 4 aromatic rings. The van der Waals surface area contributed by atoms with Gasteiger partial charge in [0.15, 0.2) is 0 Å². The van der Waals surface area contributed by atoms with Gasteiger partial charge in [0, 0.05) is 0 Å². The van der Waals surface area contributed by atoms with E-state index < -0.39 is 0 Å². The maximum atomic E-state index is 2.74. The quantitative estimate of drug-likeness (QED) is 0.203. The van der Waals surface area contributed by atoms with Crippen LogP contribution in [0.2, 0.25) is 0 Å². The summed E-state index contributed by atoms with van der Waals surface area (Å²) in [6, 6.07) is 26.6. The van der Waals surface area contributed by atoms with E-state index in [0.717, 1.165) is 29.6 Å². The minimum atomic E-state index is 0.621. The van der Waals surface area contributed by atoms with E-state index in [4.69, 9.17) is 0 Å². The Bertz CT molecular complexity index is 1590. The Morgan fingerprint density at radius 3 is 2.42 bits per heavy atom. The fourth-order valence-corrected chi connectivity index (χ4v) is 10.8. The van der Waals surface area contributed by atoms with Crippen LogP contribution in [-0.2, 0) is 19.3 Å². The second kappa shape index (κ2) is 12.1. The molecule has 43 heavy (non-hydrogen) atoms. The Morgan fingerprint density at radius 2 is 1.49 bits per heavy atom. The molecule has 8 rings (SSSR count). The van der Waals surface area contributed by atoms with Gasteiger partial charge in [-0.1, -0.05) is 119 Å². The topological polar surface area (TPSA) is 0 Å². The normalized spacial score (nSPS) is 28.8. The zero-order valence-electron chi connectivity index (χ0n) is 26.6. The smallest absolute Gasteiger partial charge is 0.0118 e. The molecule has 0 bridgehead atoms. The van der Waals surface area contributed by atoms with E-state index in [1.54, 1.807) is 33.2 Å². The summed E-state index contributed by atoms with van der Waals surface area (Å²) in [7, 11) is 0. The second-order valence-corrected chi connectivity index (χ2v) is 15.1. The van der Waals surface area contributed by atoms with Crippen molar-refractivity contribution < 1.29 is 0 Å². The molecule has 224 valence electrons. The maximum absolute atomic E-state index is 2.74. The standard InChI is InChI=1S/C43H52/c1-2-3-4-10-29-17-18-36-28-41(39-16-9-14-32-21-20-31-12-7-8-15-37(31)43(32)39)38-24-23-35(27-42(38)40(36)25-29)34-22-19-30-11-5-6-13-33(30)26-34/h5-6,11,13,17-19,22,25-26,28,31-32,35,37,39,43H,2-4,7-10,12,14-16,20-21,23-24,27H2,1H3. The minimum absolute atomic E-state index is 0.621. The molecule has 0 aromatic heterocycles. The van der Waals surface area contributed by atoms with Crippen LogP contribution < -0.4 is 0 Å². The van der Waals surface area contributed by atoms with E-state index in [9.17, 15) is 0 Å². The summed E-state index contributed by atoms with van der Waals surface area (Å²) in [6.45, 7) is 2.32. The SMILES string of the molecule is CCCCCc1ccc2cc(C3CCCC4CCC5CCCCC5C43)c3c(c2c1)CC(c1ccc2ccccc2c1)CC3. The molecule has 6 atom stereocenters. The average molecular weight is 569 g/mol. The molecule has 6 unspecified atom stereocenters.